The van der Waals surface area contributed by atoms with Crippen molar-refractivity contribution >= 4 is 28.9 Å². The van der Waals surface area contributed by atoms with E-state index in [0.717, 1.165) is 17.7 Å². The zero-order valence-electron chi connectivity index (χ0n) is 11.8. The van der Waals surface area contributed by atoms with Crippen molar-refractivity contribution in [2.45, 2.75) is 12.6 Å². The Hall–Kier alpha value is -1.73. The molecule has 0 heterocycles. The predicted molar refractivity (Wildman–Crippen MR) is 86.2 cm³/mol. The number of halogens is 3. The molecular formula is C15H13Cl2FN2O3. The summed E-state index contributed by atoms with van der Waals surface area (Å²) in [6.07, 6.45) is -0.628. The standard InChI is InChI=1S/C15H13Cl2FN2O3/c16-11-3-1-9(12(17)8-11)5-6-19-15(21)10-2-4-13(18)14(7-10)20(22)23/h1-4,7-8,15,19,21H,5-6H2. The van der Waals surface area contributed by atoms with Crippen LogP contribution in [-0.2, 0) is 6.42 Å². The smallest absolute Gasteiger partial charge is 0.305 e. The molecule has 0 aromatic heterocycles. The molecule has 8 heteroatoms. The van der Waals surface area contributed by atoms with Gasteiger partial charge in [0.05, 0.1) is 4.92 Å². The van der Waals surface area contributed by atoms with E-state index in [9.17, 15) is 19.6 Å². The van der Waals surface area contributed by atoms with Crippen LogP contribution in [-0.4, -0.2) is 16.6 Å². The van der Waals surface area contributed by atoms with Gasteiger partial charge in [-0.2, -0.15) is 4.39 Å². The molecule has 2 rings (SSSR count). The summed E-state index contributed by atoms with van der Waals surface area (Å²) in [7, 11) is 0. The molecule has 0 aliphatic rings. The first-order valence-corrected chi connectivity index (χ1v) is 7.43. The van der Waals surface area contributed by atoms with E-state index in [1.165, 1.54) is 6.07 Å². The van der Waals surface area contributed by atoms with Gasteiger partial charge < -0.3 is 5.11 Å². The summed E-state index contributed by atoms with van der Waals surface area (Å²) >= 11 is 11.9. The van der Waals surface area contributed by atoms with Crippen LogP contribution in [0.5, 0.6) is 0 Å². The maximum Gasteiger partial charge on any atom is 0.305 e. The Bertz CT molecular complexity index is 728. The van der Waals surface area contributed by atoms with Crippen molar-refractivity contribution in [2.24, 2.45) is 0 Å². The van der Waals surface area contributed by atoms with Crippen LogP contribution in [0.2, 0.25) is 10.0 Å². The summed E-state index contributed by atoms with van der Waals surface area (Å²) in [6.45, 7) is 0.369. The second-order valence-electron chi connectivity index (χ2n) is 4.81. The van der Waals surface area contributed by atoms with Crippen LogP contribution >= 0.6 is 23.2 Å². The summed E-state index contributed by atoms with van der Waals surface area (Å²) in [5, 5.41) is 24.5. The van der Waals surface area contributed by atoms with Gasteiger partial charge in [-0.05, 0) is 30.2 Å². The van der Waals surface area contributed by atoms with Crippen LogP contribution in [0.3, 0.4) is 0 Å². The van der Waals surface area contributed by atoms with Crippen molar-refractivity contribution in [3.63, 3.8) is 0 Å². The summed E-state index contributed by atoms with van der Waals surface area (Å²) in [5.74, 6) is -0.945. The Kier molecular flexibility index (Phi) is 5.90. The first-order valence-electron chi connectivity index (χ1n) is 6.67. The highest BCUT2D eigenvalue weighted by atomic mass is 35.5. The second-order valence-corrected chi connectivity index (χ2v) is 5.65. The van der Waals surface area contributed by atoms with Crippen LogP contribution in [0.1, 0.15) is 17.4 Å². The highest BCUT2D eigenvalue weighted by molar-refractivity contribution is 6.35. The number of rotatable bonds is 6. The largest absolute Gasteiger partial charge is 0.374 e. The van der Waals surface area contributed by atoms with Crippen molar-refractivity contribution in [3.8, 4) is 0 Å². The molecule has 2 N–H and O–H groups in total. The van der Waals surface area contributed by atoms with Crippen LogP contribution < -0.4 is 5.32 Å². The SMILES string of the molecule is O=[N+]([O-])c1cc(C(O)NCCc2ccc(Cl)cc2Cl)ccc1F. The number of nitrogens with one attached hydrogen (secondary N) is 1. The Morgan fingerprint density at radius 2 is 2.00 bits per heavy atom. The van der Waals surface area contributed by atoms with E-state index in [4.69, 9.17) is 23.2 Å². The van der Waals surface area contributed by atoms with E-state index in [1.54, 1.807) is 18.2 Å². The lowest BCUT2D eigenvalue weighted by molar-refractivity contribution is -0.387. The molecule has 0 saturated heterocycles. The summed E-state index contributed by atoms with van der Waals surface area (Å²) in [6, 6.07) is 8.36. The number of aliphatic hydroxyl groups is 1. The topological polar surface area (TPSA) is 75.4 Å². The molecule has 1 atom stereocenters. The number of hydrogen-bond donors (Lipinski definition) is 2. The quantitative estimate of drug-likeness (QED) is 0.467. The first kappa shape index (κ1) is 17.6. The van der Waals surface area contributed by atoms with Crippen LogP contribution in [0.25, 0.3) is 0 Å². The van der Waals surface area contributed by atoms with Gasteiger partial charge in [0.25, 0.3) is 0 Å². The minimum Gasteiger partial charge on any atom is -0.374 e. The third-order valence-corrected chi connectivity index (χ3v) is 3.82. The van der Waals surface area contributed by atoms with Gasteiger partial charge >= 0.3 is 5.69 Å². The minimum atomic E-state index is -1.15. The molecule has 0 amide bonds. The molecule has 2 aromatic rings. The van der Waals surface area contributed by atoms with Crippen LogP contribution in [0, 0.1) is 15.9 Å². The van der Waals surface area contributed by atoms with E-state index in [0.29, 0.717) is 23.0 Å². The highest BCUT2D eigenvalue weighted by Crippen LogP contribution is 2.23. The number of aliphatic hydroxyl groups excluding tert-OH is 1. The fourth-order valence-electron chi connectivity index (χ4n) is 2.03. The van der Waals surface area contributed by atoms with Crippen molar-refractivity contribution < 1.29 is 14.4 Å². The molecule has 0 spiro atoms. The van der Waals surface area contributed by atoms with E-state index in [1.807, 2.05) is 0 Å². The number of nitrogens with zero attached hydrogens (tertiary/aromatic N) is 1. The monoisotopic (exact) mass is 358 g/mol. The molecule has 1 unspecified atom stereocenters. The molecule has 0 saturated carbocycles. The van der Waals surface area contributed by atoms with Gasteiger partial charge in [0.1, 0.15) is 6.23 Å². The average molecular weight is 359 g/mol. The lowest BCUT2D eigenvalue weighted by Gasteiger charge is -2.13. The molecule has 23 heavy (non-hydrogen) atoms. The summed E-state index contributed by atoms with van der Waals surface area (Å²) in [4.78, 5) is 9.86. The van der Waals surface area contributed by atoms with Gasteiger partial charge in [0.15, 0.2) is 0 Å². The van der Waals surface area contributed by atoms with Gasteiger partial charge in [0.2, 0.25) is 5.82 Å². The van der Waals surface area contributed by atoms with Crippen molar-refractivity contribution in [1.29, 1.82) is 0 Å². The Morgan fingerprint density at radius 3 is 2.65 bits per heavy atom. The van der Waals surface area contributed by atoms with Crippen LogP contribution in [0.15, 0.2) is 36.4 Å². The molecule has 122 valence electrons. The minimum absolute atomic E-state index is 0.209. The van der Waals surface area contributed by atoms with Gasteiger partial charge in [-0.15, -0.1) is 0 Å². The van der Waals surface area contributed by atoms with Gasteiger partial charge in [-0.25, -0.2) is 0 Å². The summed E-state index contributed by atoms with van der Waals surface area (Å²) in [5.41, 5.74) is 0.380. The molecule has 0 aliphatic carbocycles. The normalized spacial score (nSPS) is 12.2. The third-order valence-electron chi connectivity index (χ3n) is 3.23. The molecule has 0 aliphatic heterocycles. The second kappa shape index (κ2) is 7.70. The van der Waals surface area contributed by atoms with Crippen molar-refractivity contribution in [2.75, 3.05) is 6.54 Å². The van der Waals surface area contributed by atoms with Crippen LogP contribution in [0.4, 0.5) is 10.1 Å². The molecule has 5 nitrogen and oxygen atoms in total. The number of nitro benzene ring substituents is 1. The predicted octanol–water partition coefficient (Wildman–Crippen LogP) is 3.86. The molecule has 0 radical (unpaired) electrons. The number of hydrogen-bond acceptors (Lipinski definition) is 4. The Balaban J connectivity index is 1.98. The number of nitro groups is 1. The van der Waals surface area contributed by atoms with E-state index in [2.05, 4.69) is 5.32 Å². The van der Waals surface area contributed by atoms with Crippen molar-refractivity contribution in [3.05, 3.63) is 73.5 Å². The third kappa shape index (κ3) is 4.62. The zero-order valence-corrected chi connectivity index (χ0v) is 13.3. The number of benzene rings is 2. The molecular weight excluding hydrogens is 346 g/mol. The van der Waals surface area contributed by atoms with E-state index in [-0.39, 0.29) is 5.56 Å². The van der Waals surface area contributed by atoms with Gasteiger partial charge in [-0.1, -0.05) is 35.3 Å². The van der Waals surface area contributed by atoms with E-state index >= 15 is 0 Å². The maximum atomic E-state index is 13.3. The van der Waals surface area contributed by atoms with Crippen molar-refractivity contribution in [1.82, 2.24) is 5.32 Å². The Labute approximate surface area is 141 Å². The maximum absolute atomic E-state index is 13.3. The average Bonchev–Trinajstić information content (AvgIpc) is 2.49. The molecule has 0 fully saturated rings. The lowest BCUT2D eigenvalue weighted by Crippen LogP contribution is -2.23. The highest BCUT2D eigenvalue weighted by Gasteiger charge is 2.17. The fraction of sp³-hybridized carbons (Fsp3) is 0.200. The van der Waals surface area contributed by atoms with Gasteiger partial charge in [0, 0.05) is 28.2 Å². The fourth-order valence-corrected chi connectivity index (χ4v) is 2.53. The first-order chi connectivity index (χ1) is 10.9. The zero-order chi connectivity index (χ0) is 17.0. The van der Waals surface area contributed by atoms with E-state index < -0.39 is 22.7 Å². The Morgan fingerprint density at radius 1 is 1.26 bits per heavy atom. The summed E-state index contributed by atoms with van der Waals surface area (Å²) < 4.78 is 13.3. The molecule has 2 aromatic carbocycles. The lowest BCUT2D eigenvalue weighted by atomic mass is 10.1. The van der Waals surface area contributed by atoms with Gasteiger partial charge in [-0.3, -0.25) is 15.4 Å². The molecule has 0 bridgehead atoms.